The number of rotatable bonds is 8. The molecule has 4 rings (SSSR count). The number of sulfonamides is 1. The van der Waals surface area contributed by atoms with Crippen LogP contribution in [-0.4, -0.2) is 39.5 Å². The van der Waals surface area contributed by atoms with Crippen molar-refractivity contribution < 1.29 is 35.9 Å². The van der Waals surface area contributed by atoms with E-state index in [-0.39, 0.29) is 28.9 Å². The lowest BCUT2D eigenvalue weighted by Crippen LogP contribution is -2.38. The van der Waals surface area contributed by atoms with Crippen LogP contribution in [0.1, 0.15) is 28.4 Å². The third kappa shape index (κ3) is 5.85. The van der Waals surface area contributed by atoms with Crippen LogP contribution >= 0.6 is 11.6 Å². The van der Waals surface area contributed by atoms with Crippen LogP contribution in [0.25, 0.3) is 0 Å². The van der Waals surface area contributed by atoms with Gasteiger partial charge in [-0.05, 0) is 61.4 Å². The Balaban J connectivity index is 1.58. The third-order valence-electron chi connectivity index (χ3n) is 6.29. The monoisotopic (exact) mass is 592 g/mol. The zero-order valence-electron chi connectivity index (χ0n) is 21.2. The van der Waals surface area contributed by atoms with E-state index in [0.29, 0.717) is 16.8 Å². The van der Waals surface area contributed by atoms with Crippen LogP contribution in [0.15, 0.2) is 84.3 Å². The lowest BCUT2D eigenvalue weighted by molar-refractivity contribution is -0.137. The molecule has 12 heteroatoms. The minimum atomic E-state index is -4.70. The van der Waals surface area contributed by atoms with Crippen molar-refractivity contribution >= 4 is 44.9 Å². The van der Waals surface area contributed by atoms with E-state index in [2.05, 4.69) is 6.58 Å². The summed E-state index contributed by atoms with van der Waals surface area (Å²) in [5, 5.41) is -0.267. The van der Waals surface area contributed by atoms with Gasteiger partial charge in [0.15, 0.2) is 6.61 Å². The molecular formula is C28H24ClF3N2O5S. The molecule has 210 valence electrons. The number of carbonyl (C=O) groups excluding carboxylic acids is 2. The number of carbonyl (C=O) groups is 2. The first-order chi connectivity index (χ1) is 18.8. The normalized spacial score (nSPS) is 14.9. The fraction of sp³-hybridized carbons (Fsp3) is 0.214. The molecule has 0 saturated heterocycles. The van der Waals surface area contributed by atoms with Gasteiger partial charge in [-0.25, -0.2) is 13.2 Å². The summed E-state index contributed by atoms with van der Waals surface area (Å²) in [5.41, 5.74) is 0.190. The molecule has 0 bridgehead atoms. The van der Waals surface area contributed by atoms with Crippen molar-refractivity contribution in [2.24, 2.45) is 0 Å². The minimum Gasteiger partial charge on any atom is -0.452 e. The first-order valence-electron chi connectivity index (χ1n) is 12.0. The van der Waals surface area contributed by atoms with Gasteiger partial charge in [-0.1, -0.05) is 41.9 Å². The number of hydrogen-bond acceptors (Lipinski definition) is 5. The molecule has 1 aliphatic rings. The molecule has 3 aromatic rings. The van der Waals surface area contributed by atoms with Crippen LogP contribution < -0.4 is 9.21 Å². The molecule has 0 saturated carbocycles. The smallest absolute Gasteiger partial charge is 0.416 e. The molecule has 1 heterocycles. The highest BCUT2D eigenvalue weighted by molar-refractivity contribution is 7.93. The SMILES string of the molecule is C=CCN(c1cccc(C(F)(F)F)c1)S(=O)(=O)c1cc(C(=O)OCC(=O)N2c3ccccc3C[C@H]2C)ccc1Cl. The van der Waals surface area contributed by atoms with Crippen molar-refractivity contribution in [2.45, 2.75) is 30.5 Å². The lowest BCUT2D eigenvalue weighted by Gasteiger charge is -2.25. The highest BCUT2D eigenvalue weighted by atomic mass is 35.5. The Labute approximate surface area is 234 Å². The van der Waals surface area contributed by atoms with E-state index >= 15 is 0 Å². The Morgan fingerprint density at radius 1 is 1.12 bits per heavy atom. The number of esters is 1. The van der Waals surface area contributed by atoms with E-state index < -0.39 is 45.1 Å². The van der Waals surface area contributed by atoms with E-state index in [1.165, 1.54) is 18.2 Å². The second kappa shape index (κ2) is 11.3. The summed E-state index contributed by atoms with van der Waals surface area (Å²) < 4.78 is 72.9. The van der Waals surface area contributed by atoms with Crippen molar-refractivity contribution in [3.05, 3.63) is 101 Å². The highest BCUT2D eigenvalue weighted by Crippen LogP contribution is 2.35. The van der Waals surface area contributed by atoms with Gasteiger partial charge in [0.25, 0.3) is 15.9 Å². The number of halogens is 4. The van der Waals surface area contributed by atoms with Crippen LogP contribution in [0.3, 0.4) is 0 Å². The summed E-state index contributed by atoms with van der Waals surface area (Å²) in [6.45, 7) is 4.40. The molecule has 40 heavy (non-hydrogen) atoms. The zero-order chi connectivity index (χ0) is 29.2. The fourth-order valence-electron chi connectivity index (χ4n) is 4.47. The van der Waals surface area contributed by atoms with Gasteiger partial charge in [-0.2, -0.15) is 13.2 Å². The van der Waals surface area contributed by atoms with Crippen LogP contribution in [0.5, 0.6) is 0 Å². The van der Waals surface area contributed by atoms with Gasteiger partial charge >= 0.3 is 12.1 Å². The van der Waals surface area contributed by atoms with E-state index in [1.807, 2.05) is 19.1 Å². The standard InChI is InChI=1S/C28H24ClF3N2O5S/c1-3-13-33(22-9-6-8-21(16-22)28(30,31)32)40(37,38)25-15-20(11-12-23(25)29)27(36)39-17-26(35)34-18(2)14-19-7-4-5-10-24(19)34/h3-12,15-16,18H,1,13-14,17H2,2H3/t18-/m1/s1. The first kappa shape index (κ1) is 29.2. The average molecular weight is 593 g/mol. The molecule has 0 radical (unpaired) electrons. The van der Waals surface area contributed by atoms with E-state index in [9.17, 15) is 31.2 Å². The molecule has 0 unspecified atom stereocenters. The molecule has 1 atom stereocenters. The number of alkyl halides is 3. The van der Waals surface area contributed by atoms with Crippen LogP contribution in [0.2, 0.25) is 5.02 Å². The molecule has 1 aliphatic heterocycles. The van der Waals surface area contributed by atoms with E-state index in [4.69, 9.17) is 16.3 Å². The van der Waals surface area contributed by atoms with E-state index in [1.54, 1.807) is 17.0 Å². The second-order valence-corrected chi connectivity index (χ2v) is 11.3. The van der Waals surface area contributed by atoms with Crippen LogP contribution in [-0.2, 0) is 32.2 Å². The summed E-state index contributed by atoms with van der Waals surface area (Å²) >= 11 is 6.17. The number of fused-ring (bicyclic) bond motifs is 1. The lowest BCUT2D eigenvalue weighted by atomic mass is 10.1. The predicted octanol–water partition coefficient (Wildman–Crippen LogP) is 5.87. The largest absolute Gasteiger partial charge is 0.452 e. The molecular weight excluding hydrogens is 569 g/mol. The Kier molecular flexibility index (Phi) is 8.27. The number of amides is 1. The number of benzene rings is 3. The van der Waals surface area contributed by atoms with Gasteiger partial charge in [-0.15, -0.1) is 6.58 Å². The Morgan fingerprint density at radius 2 is 1.85 bits per heavy atom. The Hall–Kier alpha value is -3.83. The van der Waals surface area contributed by atoms with E-state index in [0.717, 1.165) is 35.5 Å². The number of nitrogens with zero attached hydrogens (tertiary/aromatic N) is 2. The topological polar surface area (TPSA) is 84.0 Å². The summed E-state index contributed by atoms with van der Waals surface area (Å²) in [5.74, 6) is -1.43. The number of para-hydroxylation sites is 1. The van der Waals surface area contributed by atoms with Gasteiger partial charge in [0, 0.05) is 11.7 Å². The summed E-state index contributed by atoms with van der Waals surface area (Å²) in [4.78, 5) is 26.7. The predicted molar refractivity (Wildman–Crippen MR) is 145 cm³/mol. The van der Waals surface area contributed by atoms with Crippen LogP contribution in [0, 0.1) is 0 Å². The maximum Gasteiger partial charge on any atom is 0.416 e. The molecule has 0 aromatic heterocycles. The first-order valence-corrected chi connectivity index (χ1v) is 13.8. The molecule has 3 aromatic carbocycles. The van der Waals surface area contributed by atoms with Gasteiger partial charge in [0.2, 0.25) is 0 Å². The van der Waals surface area contributed by atoms with Crippen molar-refractivity contribution in [3.63, 3.8) is 0 Å². The van der Waals surface area contributed by atoms with Crippen molar-refractivity contribution in [2.75, 3.05) is 22.4 Å². The quantitative estimate of drug-likeness (QED) is 0.241. The van der Waals surface area contributed by atoms with Crippen molar-refractivity contribution in [1.29, 1.82) is 0 Å². The number of ether oxygens (including phenoxy) is 1. The fourth-order valence-corrected chi connectivity index (χ4v) is 6.40. The Morgan fingerprint density at radius 3 is 2.55 bits per heavy atom. The van der Waals surface area contributed by atoms with Crippen molar-refractivity contribution in [1.82, 2.24) is 0 Å². The molecule has 0 fully saturated rings. The molecule has 0 spiro atoms. The van der Waals surface area contributed by atoms with Crippen LogP contribution in [0.4, 0.5) is 24.5 Å². The molecule has 0 aliphatic carbocycles. The maximum atomic E-state index is 13.6. The van der Waals surface area contributed by atoms with Gasteiger partial charge in [-0.3, -0.25) is 9.10 Å². The third-order valence-corrected chi connectivity index (χ3v) is 8.57. The number of anilines is 2. The molecule has 7 nitrogen and oxygen atoms in total. The van der Waals surface area contributed by atoms with Gasteiger partial charge < -0.3 is 9.64 Å². The molecule has 1 amide bonds. The van der Waals surface area contributed by atoms with Crippen molar-refractivity contribution in [3.8, 4) is 0 Å². The summed E-state index contributed by atoms with van der Waals surface area (Å²) in [6.07, 6.45) is -2.85. The summed E-state index contributed by atoms with van der Waals surface area (Å²) in [6, 6.07) is 14.4. The number of hydrogen-bond donors (Lipinski definition) is 0. The second-order valence-electron chi connectivity index (χ2n) is 9.04. The highest BCUT2D eigenvalue weighted by Gasteiger charge is 2.34. The maximum absolute atomic E-state index is 13.6. The summed E-state index contributed by atoms with van der Waals surface area (Å²) in [7, 11) is -4.57. The van der Waals surface area contributed by atoms with Gasteiger partial charge in [0.1, 0.15) is 4.90 Å². The average Bonchev–Trinajstić information content (AvgIpc) is 3.25. The molecule has 0 N–H and O–H groups in total. The Bertz CT molecular complexity index is 1580. The van der Waals surface area contributed by atoms with Gasteiger partial charge in [0.05, 0.1) is 28.4 Å². The zero-order valence-corrected chi connectivity index (χ0v) is 22.8. The minimum absolute atomic E-state index is 0.137.